The summed E-state index contributed by atoms with van der Waals surface area (Å²) >= 11 is 0. The van der Waals surface area contributed by atoms with Gasteiger partial charge in [-0.3, -0.25) is 0 Å². The Morgan fingerprint density at radius 2 is 1.70 bits per heavy atom. The van der Waals surface area contributed by atoms with E-state index >= 15 is 0 Å². The quantitative estimate of drug-likeness (QED) is 0.559. The number of hydrogen-bond acceptors (Lipinski definition) is 3. The molecule has 3 nitrogen and oxygen atoms in total. The lowest BCUT2D eigenvalue weighted by Gasteiger charge is -2.24. The highest BCUT2D eigenvalue weighted by Gasteiger charge is 2.17. The third kappa shape index (κ3) is 3.58. The summed E-state index contributed by atoms with van der Waals surface area (Å²) in [7, 11) is 0. The molecule has 2 unspecified atom stereocenters. The van der Waals surface area contributed by atoms with E-state index in [1.54, 1.807) is 0 Å². The Hall–Kier alpha value is 0.460. The summed E-state index contributed by atoms with van der Waals surface area (Å²) in [6.07, 6.45) is 0.904. The lowest BCUT2D eigenvalue weighted by atomic mass is 10.1. The maximum absolute atomic E-state index is 5.57. The SMILES string of the molecule is Cl.Cl.NC1CCOCC1N. The van der Waals surface area contributed by atoms with Crippen molar-refractivity contribution in [2.75, 3.05) is 13.2 Å². The molecular weight excluding hydrogens is 175 g/mol. The van der Waals surface area contributed by atoms with Crippen LogP contribution in [0.15, 0.2) is 0 Å². The molecule has 1 aliphatic heterocycles. The minimum absolute atomic E-state index is 0. The smallest absolute Gasteiger partial charge is 0.0632 e. The third-order valence-electron chi connectivity index (χ3n) is 1.46. The van der Waals surface area contributed by atoms with Crippen LogP contribution in [0.2, 0.25) is 0 Å². The van der Waals surface area contributed by atoms with Crippen LogP contribution in [0.1, 0.15) is 6.42 Å². The van der Waals surface area contributed by atoms with E-state index < -0.39 is 0 Å². The molecule has 0 aliphatic carbocycles. The molecule has 1 saturated heterocycles. The van der Waals surface area contributed by atoms with Gasteiger partial charge >= 0.3 is 0 Å². The van der Waals surface area contributed by atoms with Crippen molar-refractivity contribution >= 4 is 24.8 Å². The van der Waals surface area contributed by atoms with Crippen molar-refractivity contribution < 1.29 is 4.74 Å². The number of hydrogen-bond donors (Lipinski definition) is 2. The summed E-state index contributed by atoms with van der Waals surface area (Å²) in [5, 5.41) is 0. The molecular formula is C5H14Cl2N2O. The molecule has 0 radical (unpaired) electrons. The monoisotopic (exact) mass is 188 g/mol. The van der Waals surface area contributed by atoms with Gasteiger partial charge in [0.2, 0.25) is 0 Å². The van der Waals surface area contributed by atoms with E-state index in [9.17, 15) is 0 Å². The molecule has 5 heteroatoms. The van der Waals surface area contributed by atoms with Crippen molar-refractivity contribution in [3.63, 3.8) is 0 Å². The van der Waals surface area contributed by atoms with E-state index in [-0.39, 0.29) is 36.9 Å². The van der Waals surface area contributed by atoms with Crippen LogP contribution in [0.5, 0.6) is 0 Å². The predicted molar refractivity (Wildman–Crippen MR) is 45.9 cm³/mol. The molecule has 0 bridgehead atoms. The Kier molecular flexibility index (Phi) is 8.09. The molecule has 1 fully saturated rings. The van der Waals surface area contributed by atoms with Crippen molar-refractivity contribution in [3.8, 4) is 0 Å². The first kappa shape index (κ1) is 13.1. The largest absolute Gasteiger partial charge is 0.380 e. The maximum Gasteiger partial charge on any atom is 0.0632 e. The molecule has 4 N–H and O–H groups in total. The number of rotatable bonds is 0. The van der Waals surface area contributed by atoms with Crippen molar-refractivity contribution in [2.24, 2.45) is 11.5 Å². The molecule has 0 saturated carbocycles. The first-order valence-electron chi connectivity index (χ1n) is 2.89. The molecule has 1 rings (SSSR count). The average Bonchev–Trinajstić information content (AvgIpc) is 1.77. The summed E-state index contributed by atoms with van der Waals surface area (Å²) in [5.74, 6) is 0. The van der Waals surface area contributed by atoms with Gasteiger partial charge in [0.15, 0.2) is 0 Å². The molecule has 0 aromatic rings. The second-order valence-electron chi connectivity index (χ2n) is 2.19. The van der Waals surface area contributed by atoms with Crippen LogP contribution in [0.25, 0.3) is 0 Å². The number of nitrogens with two attached hydrogens (primary N) is 2. The van der Waals surface area contributed by atoms with Gasteiger partial charge in [-0.2, -0.15) is 0 Å². The first-order valence-corrected chi connectivity index (χ1v) is 2.89. The predicted octanol–water partition coefficient (Wildman–Crippen LogP) is -0.0951. The lowest BCUT2D eigenvalue weighted by Crippen LogP contribution is -2.48. The highest BCUT2D eigenvalue weighted by Crippen LogP contribution is 2.01. The molecule has 0 amide bonds. The van der Waals surface area contributed by atoms with E-state index in [1.165, 1.54) is 0 Å². The van der Waals surface area contributed by atoms with Crippen LogP contribution in [0.3, 0.4) is 0 Å². The zero-order valence-corrected chi connectivity index (χ0v) is 7.29. The second kappa shape index (κ2) is 6.19. The Morgan fingerprint density at radius 1 is 1.10 bits per heavy atom. The van der Waals surface area contributed by atoms with Crippen LogP contribution < -0.4 is 11.5 Å². The van der Waals surface area contributed by atoms with Crippen molar-refractivity contribution in [1.29, 1.82) is 0 Å². The van der Waals surface area contributed by atoms with Crippen LogP contribution >= 0.6 is 24.8 Å². The van der Waals surface area contributed by atoms with E-state index in [0.29, 0.717) is 6.61 Å². The fraction of sp³-hybridized carbons (Fsp3) is 1.00. The normalized spacial score (nSPS) is 31.8. The first-order chi connectivity index (χ1) is 3.80. The molecule has 1 aliphatic rings. The van der Waals surface area contributed by atoms with E-state index in [2.05, 4.69) is 0 Å². The van der Waals surface area contributed by atoms with E-state index in [0.717, 1.165) is 13.0 Å². The molecule has 64 valence electrons. The minimum atomic E-state index is 0. The van der Waals surface area contributed by atoms with Crippen LogP contribution in [-0.2, 0) is 4.74 Å². The molecule has 0 aromatic heterocycles. The van der Waals surface area contributed by atoms with Gasteiger partial charge in [-0.25, -0.2) is 0 Å². The standard InChI is InChI=1S/C5H12N2O.2ClH/c6-4-1-2-8-3-5(4)7;;/h4-5H,1-3,6-7H2;2*1H. The van der Waals surface area contributed by atoms with E-state index in [1.807, 2.05) is 0 Å². The molecule has 0 spiro atoms. The van der Waals surface area contributed by atoms with Crippen molar-refractivity contribution in [3.05, 3.63) is 0 Å². The minimum Gasteiger partial charge on any atom is -0.380 e. The molecule has 0 aromatic carbocycles. The van der Waals surface area contributed by atoms with Crippen LogP contribution in [0.4, 0.5) is 0 Å². The summed E-state index contributed by atoms with van der Waals surface area (Å²) in [5.41, 5.74) is 11.1. The fourth-order valence-electron chi connectivity index (χ4n) is 0.777. The Balaban J connectivity index is 0. The van der Waals surface area contributed by atoms with Gasteiger partial charge in [-0.05, 0) is 6.42 Å². The zero-order chi connectivity index (χ0) is 5.98. The summed E-state index contributed by atoms with van der Waals surface area (Å²) in [4.78, 5) is 0. The van der Waals surface area contributed by atoms with Gasteiger partial charge < -0.3 is 16.2 Å². The Bertz CT molecular complexity index is 74.0. The van der Waals surface area contributed by atoms with Gasteiger partial charge in [0.05, 0.1) is 6.61 Å². The molecule has 2 atom stereocenters. The zero-order valence-electron chi connectivity index (χ0n) is 5.66. The fourth-order valence-corrected chi connectivity index (χ4v) is 0.777. The summed E-state index contributed by atoms with van der Waals surface area (Å²) in [6.45, 7) is 1.40. The third-order valence-corrected chi connectivity index (χ3v) is 1.46. The van der Waals surface area contributed by atoms with Gasteiger partial charge in [0.1, 0.15) is 0 Å². The Labute approximate surface area is 73.3 Å². The molecule has 10 heavy (non-hydrogen) atoms. The average molecular weight is 189 g/mol. The maximum atomic E-state index is 5.57. The highest BCUT2D eigenvalue weighted by atomic mass is 35.5. The summed E-state index contributed by atoms with van der Waals surface area (Å²) < 4.78 is 5.05. The van der Waals surface area contributed by atoms with Gasteiger partial charge in [-0.15, -0.1) is 24.8 Å². The number of ether oxygens (including phenoxy) is 1. The van der Waals surface area contributed by atoms with Gasteiger partial charge in [0, 0.05) is 18.7 Å². The lowest BCUT2D eigenvalue weighted by molar-refractivity contribution is 0.0711. The van der Waals surface area contributed by atoms with Gasteiger partial charge in [-0.1, -0.05) is 0 Å². The summed E-state index contributed by atoms with van der Waals surface area (Å²) in [6, 6.07) is 0.215. The van der Waals surface area contributed by atoms with E-state index in [4.69, 9.17) is 16.2 Å². The van der Waals surface area contributed by atoms with Gasteiger partial charge in [0.25, 0.3) is 0 Å². The molecule has 1 heterocycles. The van der Waals surface area contributed by atoms with Crippen molar-refractivity contribution in [2.45, 2.75) is 18.5 Å². The van der Waals surface area contributed by atoms with Crippen molar-refractivity contribution in [1.82, 2.24) is 0 Å². The second-order valence-corrected chi connectivity index (χ2v) is 2.19. The topological polar surface area (TPSA) is 61.3 Å². The van der Waals surface area contributed by atoms with Crippen LogP contribution in [0, 0.1) is 0 Å². The van der Waals surface area contributed by atoms with Crippen LogP contribution in [-0.4, -0.2) is 25.3 Å². The highest BCUT2D eigenvalue weighted by molar-refractivity contribution is 5.85. The number of halogens is 2. The Morgan fingerprint density at radius 3 is 2.00 bits per heavy atom.